The van der Waals surface area contributed by atoms with Crippen LogP contribution in [0.5, 0.6) is 0 Å². The van der Waals surface area contributed by atoms with E-state index in [1.807, 2.05) is 0 Å². The Morgan fingerprint density at radius 3 is 2.26 bits per heavy atom. The maximum atomic E-state index is 11.9. The number of nitrogens with one attached hydrogen (secondary N) is 2. The van der Waals surface area contributed by atoms with Gasteiger partial charge in [0.05, 0.1) is 0 Å². The lowest BCUT2D eigenvalue weighted by atomic mass is 9.90. The Morgan fingerprint density at radius 2 is 1.63 bits per heavy atom. The van der Waals surface area contributed by atoms with Gasteiger partial charge in [-0.3, -0.25) is 4.79 Å². The standard InChI is InChI=1S/C16H32N2O/c1-3-4-5-6-7-8-9-10-15(19)18-16(2)11-13-17-14-12-16/h17H,3-14H2,1-2H3,(H,18,19). The summed E-state index contributed by atoms with van der Waals surface area (Å²) in [5, 5.41) is 6.57. The van der Waals surface area contributed by atoms with E-state index in [9.17, 15) is 4.79 Å². The fourth-order valence-corrected chi connectivity index (χ4v) is 2.75. The lowest BCUT2D eigenvalue weighted by Gasteiger charge is -2.35. The van der Waals surface area contributed by atoms with Crippen molar-refractivity contribution in [3.8, 4) is 0 Å². The second-order valence-corrected chi connectivity index (χ2v) is 6.23. The molecule has 1 saturated heterocycles. The van der Waals surface area contributed by atoms with Gasteiger partial charge in [-0.1, -0.05) is 45.4 Å². The predicted octanol–water partition coefficient (Wildman–Crippen LogP) is 3.39. The molecule has 1 amide bonds. The molecule has 0 bridgehead atoms. The third kappa shape index (κ3) is 7.56. The van der Waals surface area contributed by atoms with E-state index in [0.29, 0.717) is 6.42 Å². The van der Waals surface area contributed by atoms with E-state index >= 15 is 0 Å². The molecule has 0 aromatic heterocycles. The van der Waals surface area contributed by atoms with E-state index in [1.165, 1.54) is 38.5 Å². The average Bonchev–Trinajstić information content (AvgIpc) is 2.38. The largest absolute Gasteiger partial charge is 0.351 e. The summed E-state index contributed by atoms with van der Waals surface area (Å²) in [5.74, 6) is 0.248. The summed E-state index contributed by atoms with van der Waals surface area (Å²) in [6.07, 6.45) is 11.7. The zero-order valence-corrected chi connectivity index (χ0v) is 12.9. The molecule has 1 fully saturated rings. The van der Waals surface area contributed by atoms with E-state index in [0.717, 1.165) is 32.4 Å². The molecule has 0 spiro atoms. The van der Waals surface area contributed by atoms with Crippen molar-refractivity contribution >= 4 is 5.91 Å². The smallest absolute Gasteiger partial charge is 0.220 e. The highest BCUT2D eigenvalue weighted by Crippen LogP contribution is 2.17. The maximum absolute atomic E-state index is 11.9. The summed E-state index contributed by atoms with van der Waals surface area (Å²) in [7, 11) is 0. The Morgan fingerprint density at radius 1 is 1.05 bits per heavy atom. The zero-order chi connectivity index (χ0) is 14.0. The highest BCUT2D eigenvalue weighted by molar-refractivity contribution is 5.76. The Kier molecular flexibility index (Phi) is 8.11. The number of hydrogen-bond acceptors (Lipinski definition) is 2. The van der Waals surface area contributed by atoms with Gasteiger partial charge in [-0.2, -0.15) is 0 Å². The third-order valence-electron chi connectivity index (χ3n) is 4.16. The molecule has 3 heteroatoms. The van der Waals surface area contributed by atoms with Crippen LogP contribution in [0.25, 0.3) is 0 Å². The average molecular weight is 268 g/mol. The molecule has 1 rings (SSSR count). The maximum Gasteiger partial charge on any atom is 0.220 e. The van der Waals surface area contributed by atoms with Crippen LogP contribution in [0, 0.1) is 0 Å². The molecule has 1 aliphatic heterocycles. The minimum Gasteiger partial charge on any atom is -0.351 e. The Bertz CT molecular complexity index is 247. The topological polar surface area (TPSA) is 41.1 Å². The van der Waals surface area contributed by atoms with Crippen molar-refractivity contribution < 1.29 is 4.79 Å². The fourth-order valence-electron chi connectivity index (χ4n) is 2.75. The fraction of sp³-hybridized carbons (Fsp3) is 0.938. The van der Waals surface area contributed by atoms with E-state index in [1.54, 1.807) is 0 Å². The first-order valence-electron chi connectivity index (χ1n) is 8.18. The van der Waals surface area contributed by atoms with Gasteiger partial charge in [0.1, 0.15) is 0 Å². The summed E-state index contributed by atoms with van der Waals surface area (Å²) in [6.45, 7) is 6.46. The van der Waals surface area contributed by atoms with Crippen LogP contribution in [0.2, 0.25) is 0 Å². The van der Waals surface area contributed by atoms with Crippen molar-refractivity contribution in [1.29, 1.82) is 0 Å². The molecule has 19 heavy (non-hydrogen) atoms. The molecule has 0 aromatic rings. The second kappa shape index (κ2) is 9.35. The van der Waals surface area contributed by atoms with Gasteiger partial charge < -0.3 is 10.6 Å². The van der Waals surface area contributed by atoms with Gasteiger partial charge in [-0.05, 0) is 39.3 Å². The van der Waals surface area contributed by atoms with Gasteiger partial charge in [0.2, 0.25) is 5.91 Å². The minimum absolute atomic E-state index is 0.0312. The molecule has 0 aromatic carbocycles. The van der Waals surface area contributed by atoms with Crippen molar-refractivity contribution in [1.82, 2.24) is 10.6 Å². The first kappa shape index (κ1) is 16.5. The van der Waals surface area contributed by atoms with E-state index in [2.05, 4.69) is 24.5 Å². The first-order valence-corrected chi connectivity index (χ1v) is 8.18. The normalized spacial score (nSPS) is 18.2. The monoisotopic (exact) mass is 268 g/mol. The highest BCUT2D eigenvalue weighted by atomic mass is 16.1. The summed E-state index contributed by atoms with van der Waals surface area (Å²) >= 11 is 0. The van der Waals surface area contributed by atoms with Gasteiger partial charge in [0.15, 0.2) is 0 Å². The molecular formula is C16H32N2O. The number of hydrogen-bond donors (Lipinski definition) is 2. The quantitative estimate of drug-likeness (QED) is 0.629. The molecule has 2 N–H and O–H groups in total. The van der Waals surface area contributed by atoms with E-state index in [-0.39, 0.29) is 11.4 Å². The van der Waals surface area contributed by atoms with Crippen LogP contribution in [0.1, 0.15) is 78.1 Å². The van der Waals surface area contributed by atoms with Gasteiger partial charge in [0, 0.05) is 12.0 Å². The van der Waals surface area contributed by atoms with E-state index in [4.69, 9.17) is 0 Å². The third-order valence-corrected chi connectivity index (χ3v) is 4.16. The number of amides is 1. The predicted molar refractivity (Wildman–Crippen MR) is 81.3 cm³/mol. The van der Waals surface area contributed by atoms with Gasteiger partial charge in [-0.25, -0.2) is 0 Å². The van der Waals surface area contributed by atoms with Crippen LogP contribution in [0.3, 0.4) is 0 Å². The van der Waals surface area contributed by atoms with E-state index < -0.39 is 0 Å². The minimum atomic E-state index is 0.0312. The highest BCUT2D eigenvalue weighted by Gasteiger charge is 2.27. The van der Waals surface area contributed by atoms with Crippen LogP contribution >= 0.6 is 0 Å². The summed E-state index contributed by atoms with van der Waals surface area (Å²) < 4.78 is 0. The second-order valence-electron chi connectivity index (χ2n) is 6.23. The number of piperidine rings is 1. The molecule has 1 heterocycles. The molecule has 112 valence electrons. The van der Waals surface area contributed by atoms with Crippen molar-refractivity contribution in [3.05, 3.63) is 0 Å². The summed E-state index contributed by atoms with van der Waals surface area (Å²) in [6, 6.07) is 0. The van der Waals surface area contributed by atoms with Crippen LogP contribution in [0.4, 0.5) is 0 Å². The molecule has 0 unspecified atom stereocenters. The Labute approximate surface area is 118 Å². The lowest BCUT2D eigenvalue weighted by Crippen LogP contribution is -2.52. The molecule has 0 aliphatic carbocycles. The molecule has 0 atom stereocenters. The zero-order valence-electron chi connectivity index (χ0n) is 12.9. The molecule has 0 saturated carbocycles. The molecule has 3 nitrogen and oxygen atoms in total. The molecule has 1 aliphatic rings. The number of rotatable bonds is 9. The van der Waals surface area contributed by atoms with Crippen molar-refractivity contribution in [2.24, 2.45) is 0 Å². The Hall–Kier alpha value is -0.570. The first-order chi connectivity index (χ1) is 9.16. The van der Waals surface area contributed by atoms with Crippen LogP contribution in [-0.4, -0.2) is 24.5 Å². The van der Waals surface area contributed by atoms with Crippen LogP contribution in [0.15, 0.2) is 0 Å². The number of carbonyl (C=O) groups excluding carboxylic acids is 1. The lowest BCUT2D eigenvalue weighted by molar-refractivity contribution is -0.123. The van der Waals surface area contributed by atoms with Crippen molar-refractivity contribution in [2.75, 3.05) is 13.1 Å². The number of unbranched alkanes of at least 4 members (excludes halogenated alkanes) is 6. The molecule has 0 radical (unpaired) electrons. The molecular weight excluding hydrogens is 236 g/mol. The van der Waals surface area contributed by atoms with Crippen molar-refractivity contribution in [2.45, 2.75) is 83.6 Å². The summed E-state index contributed by atoms with van der Waals surface area (Å²) in [5.41, 5.74) is 0.0312. The van der Waals surface area contributed by atoms with Gasteiger partial charge in [0.25, 0.3) is 0 Å². The van der Waals surface area contributed by atoms with Crippen molar-refractivity contribution in [3.63, 3.8) is 0 Å². The SMILES string of the molecule is CCCCCCCCCC(=O)NC1(C)CCNCC1. The van der Waals surface area contributed by atoms with Crippen LogP contribution in [-0.2, 0) is 4.79 Å². The summed E-state index contributed by atoms with van der Waals surface area (Å²) in [4.78, 5) is 11.9. The van der Waals surface area contributed by atoms with Gasteiger partial charge in [-0.15, -0.1) is 0 Å². The van der Waals surface area contributed by atoms with Gasteiger partial charge >= 0.3 is 0 Å². The Balaban J connectivity index is 2.01. The number of carbonyl (C=O) groups is 1. The van der Waals surface area contributed by atoms with Crippen LogP contribution < -0.4 is 10.6 Å².